The molecule has 0 fully saturated rings. The van der Waals surface area contributed by atoms with E-state index in [9.17, 15) is 13.2 Å². The van der Waals surface area contributed by atoms with Gasteiger partial charge in [0, 0.05) is 24.6 Å². The quantitative estimate of drug-likeness (QED) is 0.930. The monoisotopic (exact) mass is 270 g/mol. The summed E-state index contributed by atoms with van der Waals surface area (Å²) in [5.74, 6) is 0. The van der Waals surface area contributed by atoms with Crippen molar-refractivity contribution in [3.63, 3.8) is 0 Å². The van der Waals surface area contributed by atoms with E-state index in [0.29, 0.717) is 5.56 Å². The summed E-state index contributed by atoms with van der Waals surface area (Å²) in [6.07, 6.45) is -0.0125. The highest BCUT2D eigenvalue weighted by atomic mass is 19.4. The Hall–Kier alpha value is -1.89. The molecule has 102 valence electrons. The number of hydrogen-bond acceptors (Lipinski definition) is 3. The highest BCUT2D eigenvalue weighted by molar-refractivity contribution is 5.18. The van der Waals surface area contributed by atoms with Crippen LogP contribution in [0.3, 0.4) is 0 Å². The number of nitrogens with zero attached hydrogens (tertiary/aromatic N) is 3. The van der Waals surface area contributed by atoms with E-state index < -0.39 is 24.0 Å². The predicted octanol–water partition coefficient (Wildman–Crippen LogP) is 2.23. The number of hydrogen-bond donors (Lipinski definition) is 1. The van der Waals surface area contributed by atoms with Crippen molar-refractivity contribution in [2.45, 2.75) is 25.2 Å². The Morgan fingerprint density at radius 1 is 1.32 bits per heavy atom. The minimum atomic E-state index is -4.46. The van der Waals surface area contributed by atoms with Crippen LogP contribution in [0.5, 0.6) is 0 Å². The van der Waals surface area contributed by atoms with Crippen molar-refractivity contribution in [2.75, 3.05) is 0 Å². The van der Waals surface area contributed by atoms with Gasteiger partial charge < -0.3 is 5.73 Å². The van der Waals surface area contributed by atoms with E-state index in [-0.39, 0.29) is 0 Å². The minimum absolute atomic E-state index is 0.398. The second kappa shape index (κ2) is 5.00. The molecule has 0 spiro atoms. The molecule has 0 aliphatic heterocycles. The second-order valence-electron chi connectivity index (χ2n) is 4.27. The van der Waals surface area contributed by atoms with Crippen LogP contribution in [0, 0.1) is 0 Å². The molecular weight excluding hydrogens is 257 g/mol. The van der Waals surface area contributed by atoms with Crippen molar-refractivity contribution in [2.24, 2.45) is 5.73 Å². The molecule has 0 bridgehead atoms. The smallest absolute Gasteiger partial charge is 0.326 e. The van der Waals surface area contributed by atoms with Gasteiger partial charge in [-0.25, -0.2) is 0 Å². The number of halogens is 3. The maximum Gasteiger partial charge on any atom is 0.435 e. The second-order valence-corrected chi connectivity index (χ2v) is 4.27. The van der Waals surface area contributed by atoms with Crippen molar-refractivity contribution < 1.29 is 13.2 Å². The molecule has 19 heavy (non-hydrogen) atoms. The van der Waals surface area contributed by atoms with Gasteiger partial charge in [0.2, 0.25) is 0 Å². The molecule has 2 unspecified atom stereocenters. The maximum atomic E-state index is 12.5. The van der Waals surface area contributed by atoms with Gasteiger partial charge in [-0.05, 0) is 24.6 Å². The van der Waals surface area contributed by atoms with Crippen molar-refractivity contribution in [1.82, 2.24) is 14.8 Å². The molecular formula is C12H13F3N4. The van der Waals surface area contributed by atoms with Gasteiger partial charge in [0.15, 0.2) is 5.69 Å². The highest BCUT2D eigenvalue weighted by Crippen LogP contribution is 2.29. The molecule has 0 amide bonds. The normalized spacial score (nSPS) is 15.2. The van der Waals surface area contributed by atoms with Crippen LogP contribution >= 0.6 is 0 Å². The van der Waals surface area contributed by atoms with Crippen molar-refractivity contribution in [3.8, 4) is 0 Å². The Labute approximate surface area is 108 Å². The van der Waals surface area contributed by atoms with Crippen LogP contribution in [0.15, 0.2) is 36.8 Å². The Morgan fingerprint density at radius 3 is 2.53 bits per heavy atom. The molecule has 0 radical (unpaired) electrons. The zero-order chi connectivity index (χ0) is 14.0. The van der Waals surface area contributed by atoms with Crippen molar-refractivity contribution in [3.05, 3.63) is 48.0 Å². The minimum Gasteiger partial charge on any atom is -0.326 e. The number of nitrogens with two attached hydrogens (primary N) is 1. The fraction of sp³-hybridized carbons (Fsp3) is 0.333. The molecule has 0 aliphatic carbocycles. The summed E-state index contributed by atoms with van der Waals surface area (Å²) in [7, 11) is 0. The van der Waals surface area contributed by atoms with Crippen LogP contribution in [0.25, 0.3) is 0 Å². The molecule has 7 heteroatoms. The van der Waals surface area contributed by atoms with Gasteiger partial charge in [0.1, 0.15) is 0 Å². The highest BCUT2D eigenvalue weighted by Gasteiger charge is 2.34. The summed E-state index contributed by atoms with van der Waals surface area (Å²) in [5.41, 5.74) is 5.64. The summed E-state index contributed by atoms with van der Waals surface area (Å²) in [4.78, 5) is 3.95. The number of alkyl halides is 3. The van der Waals surface area contributed by atoms with E-state index in [2.05, 4.69) is 10.1 Å². The van der Waals surface area contributed by atoms with Gasteiger partial charge in [-0.15, -0.1) is 0 Å². The third kappa shape index (κ3) is 2.93. The average Bonchev–Trinajstić information content (AvgIpc) is 2.79. The first kappa shape index (κ1) is 13.5. The SMILES string of the molecule is CC(N)C(c1cccnc1)n1ccc(C(F)(F)F)n1. The molecule has 0 saturated carbocycles. The fourth-order valence-electron chi connectivity index (χ4n) is 1.89. The molecule has 0 aliphatic rings. The van der Waals surface area contributed by atoms with Crippen LogP contribution in [0.2, 0.25) is 0 Å². The average molecular weight is 270 g/mol. The lowest BCUT2D eigenvalue weighted by atomic mass is 10.0. The van der Waals surface area contributed by atoms with Crippen LogP contribution in [-0.4, -0.2) is 20.8 Å². The first-order chi connectivity index (χ1) is 8.89. The number of rotatable bonds is 3. The van der Waals surface area contributed by atoms with Gasteiger partial charge in [0.25, 0.3) is 0 Å². The Balaban J connectivity index is 2.38. The lowest BCUT2D eigenvalue weighted by Gasteiger charge is -2.21. The van der Waals surface area contributed by atoms with Crippen LogP contribution < -0.4 is 5.73 Å². The first-order valence-corrected chi connectivity index (χ1v) is 5.67. The molecule has 0 saturated heterocycles. The number of pyridine rings is 1. The molecule has 4 nitrogen and oxygen atoms in total. The van der Waals surface area contributed by atoms with E-state index in [1.807, 2.05) is 0 Å². The van der Waals surface area contributed by atoms with E-state index in [0.717, 1.165) is 6.07 Å². The predicted molar refractivity (Wildman–Crippen MR) is 63.3 cm³/mol. The van der Waals surface area contributed by atoms with Crippen molar-refractivity contribution >= 4 is 0 Å². The van der Waals surface area contributed by atoms with E-state index in [1.54, 1.807) is 31.5 Å². The molecule has 0 aromatic carbocycles. The zero-order valence-electron chi connectivity index (χ0n) is 10.2. The topological polar surface area (TPSA) is 56.7 Å². The standard InChI is InChI=1S/C12H13F3N4/c1-8(16)11(9-3-2-5-17-7-9)19-6-4-10(18-19)12(13,14)15/h2-8,11H,16H2,1H3. The summed E-state index contributed by atoms with van der Waals surface area (Å²) >= 11 is 0. The third-order valence-electron chi connectivity index (χ3n) is 2.71. The lowest BCUT2D eigenvalue weighted by molar-refractivity contribution is -0.141. The summed E-state index contributed by atoms with van der Waals surface area (Å²) in [6.45, 7) is 1.71. The van der Waals surface area contributed by atoms with Gasteiger partial charge in [0.05, 0.1) is 6.04 Å². The van der Waals surface area contributed by atoms with Crippen LogP contribution in [0.1, 0.15) is 24.2 Å². The molecule has 2 rings (SSSR count). The summed E-state index contributed by atoms with van der Waals surface area (Å²) in [5, 5.41) is 3.56. The van der Waals surface area contributed by atoms with Gasteiger partial charge >= 0.3 is 6.18 Å². The van der Waals surface area contributed by atoms with Gasteiger partial charge in [-0.3, -0.25) is 9.67 Å². The Bertz CT molecular complexity index is 533. The fourth-order valence-corrected chi connectivity index (χ4v) is 1.89. The van der Waals surface area contributed by atoms with Crippen LogP contribution in [0.4, 0.5) is 13.2 Å². The zero-order valence-corrected chi connectivity index (χ0v) is 10.2. The maximum absolute atomic E-state index is 12.5. The van der Waals surface area contributed by atoms with Crippen molar-refractivity contribution in [1.29, 1.82) is 0 Å². The Morgan fingerprint density at radius 2 is 2.05 bits per heavy atom. The van der Waals surface area contributed by atoms with E-state index in [1.165, 1.54) is 10.9 Å². The Kier molecular flexibility index (Phi) is 3.57. The molecule has 2 N–H and O–H groups in total. The lowest BCUT2D eigenvalue weighted by Crippen LogP contribution is -2.31. The first-order valence-electron chi connectivity index (χ1n) is 5.67. The van der Waals surface area contributed by atoms with Gasteiger partial charge in [-0.1, -0.05) is 6.07 Å². The third-order valence-corrected chi connectivity index (χ3v) is 2.71. The van der Waals surface area contributed by atoms with Crippen LogP contribution in [-0.2, 0) is 6.18 Å². The summed E-state index contributed by atoms with van der Waals surface area (Å²) < 4.78 is 38.9. The van der Waals surface area contributed by atoms with E-state index >= 15 is 0 Å². The van der Waals surface area contributed by atoms with Gasteiger partial charge in [-0.2, -0.15) is 18.3 Å². The molecule has 2 aromatic rings. The molecule has 2 aromatic heterocycles. The summed E-state index contributed by atoms with van der Waals surface area (Å²) in [6, 6.07) is 3.52. The van der Waals surface area contributed by atoms with E-state index in [4.69, 9.17) is 5.73 Å². The number of aromatic nitrogens is 3. The molecule has 2 heterocycles. The molecule has 2 atom stereocenters. The largest absolute Gasteiger partial charge is 0.435 e.